The van der Waals surface area contributed by atoms with Gasteiger partial charge in [-0.2, -0.15) is 11.8 Å². The van der Waals surface area contributed by atoms with Crippen LogP contribution < -0.4 is 9.47 Å². The second-order valence-corrected chi connectivity index (χ2v) is 5.19. The number of carbonyl (C=O) groups is 1. The van der Waals surface area contributed by atoms with Crippen molar-refractivity contribution in [2.45, 2.75) is 12.2 Å². The molecule has 104 valence electrons. The third kappa shape index (κ3) is 3.13. The number of rotatable bonds is 5. The van der Waals surface area contributed by atoms with Crippen molar-refractivity contribution in [1.29, 1.82) is 0 Å². The highest BCUT2D eigenvalue weighted by atomic mass is 32.2. The fourth-order valence-corrected chi connectivity index (χ4v) is 2.23. The summed E-state index contributed by atoms with van der Waals surface area (Å²) in [7, 11) is 2.75. The number of hydrogen-bond acceptors (Lipinski definition) is 6. The number of benzene rings is 1. The number of thioether (sulfide) groups is 1. The van der Waals surface area contributed by atoms with Crippen molar-refractivity contribution < 1.29 is 24.1 Å². The number of aliphatic hydroxyl groups excluding tert-OH is 1. The summed E-state index contributed by atoms with van der Waals surface area (Å²) in [6, 6.07) is 4.91. The number of aliphatic hydroxyl groups is 1. The van der Waals surface area contributed by atoms with Crippen LogP contribution in [0.2, 0.25) is 0 Å². The maximum absolute atomic E-state index is 11.3. The van der Waals surface area contributed by atoms with Crippen LogP contribution in [0.4, 0.5) is 0 Å². The van der Waals surface area contributed by atoms with Gasteiger partial charge in [0, 0.05) is 11.5 Å². The lowest BCUT2D eigenvalue weighted by Crippen LogP contribution is -2.31. The fourth-order valence-electron chi connectivity index (χ4n) is 1.66. The van der Waals surface area contributed by atoms with Gasteiger partial charge in [0.2, 0.25) is 0 Å². The first-order valence-electron chi connectivity index (χ1n) is 5.84. The molecule has 1 aliphatic heterocycles. The lowest BCUT2D eigenvalue weighted by molar-refractivity contribution is -0.150. The zero-order chi connectivity index (χ0) is 13.8. The van der Waals surface area contributed by atoms with Crippen LogP contribution >= 0.6 is 11.8 Å². The Labute approximate surface area is 115 Å². The first-order chi connectivity index (χ1) is 9.15. The van der Waals surface area contributed by atoms with E-state index in [2.05, 4.69) is 4.74 Å². The summed E-state index contributed by atoms with van der Waals surface area (Å²) in [5.74, 6) is 2.35. The van der Waals surface area contributed by atoms with Gasteiger partial charge in [-0.05, 0) is 17.7 Å². The molecule has 1 atom stereocenters. The standard InChI is InChI=1S/C13H16O5S/c1-16-11-5-8(12(14)13(15)17-2)3-4-10(11)18-9-6-19-7-9/h3-5,9,12,14H,6-7H2,1-2H3. The third-order valence-corrected chi connectivity index (χ3v) is 4.04. The highest BCUT2D eigenvalue weighted by molar-refractivity contribution is 8.00. The van der Waals surface area contributed by atoms with Crippen molar-refractivity contribution in [3.05, 3.63) is 23.8 Å². The van der Waals surface area contributed by atoms with Gasteiger partial charge in [0.05, 0.1) is 14.2 Å². The van der Waals surface area contributed by atoms with Crippen molar-refractivity contribution >= 4 is 17.7 Å². The molecule has 1 fully saturated rings. The zero-order valence-corrected chi connectivity index (χ0v) is 11.6. The third-order valence-electron chi connectivity index (χ3n) is 2.83. The van der Waals surface area contributed by atoms with E-state index in [1.165, 1.54) is 14.2 Å². The molecule has 1 saturated heterocycles. The van der Waals surface area contributed by atoms with Crippen LogP contribution in [-0.4, -0.2) is 42.9 Å². The van der Waals surface area contributed by atoms with E-state index >= 15 is 0 Å². The Morgan fingerprint density at radius 3 is 2.63 bits per heavy atom. The molecule has 5 nitrogen and oxygen atoms in total. The van der Waals surface area contributed by atoms with E-state index in [4.69, 9.17) is 9.47 Å². The average molecular weight is 284 g/mol. The van der Waals surface area contributed by atoms with Crippen LogP contribution in [0.25, 0.3) is 0 Å². The van der Waals surface area contributed by atoms with Crippen LogP contribution in [-0.2, 0) is 9.53 Å². The molecule has 2 rings (SSSR count). The van der Waals surface area contributed by atoms with Crippen molar-refractivity contribution in [3.63, 3.8) is 0 Å². The zero-order valence-electron chi connectivity index (χ0n) is 10.8. The Morgan fingerprint density at radius 1 is 1.37 bits per heavy atom. The van der Waals surface area contributed by atoms with Crippen molar-refractivity contribution in [2.24, 2.45) is 0 Å². The minimum atomic E-state index is -1.31. The Morgan fingerprint density at radius 2 is 2.11 bits per heavy atom. The van der Waals surface area contributed by atoms with Gasteiger partial charge in [0.15, 0.2) is 17.6 Å². The first-order valence-corrected chi connectivity index (χ1v) is 6.99. The van der Waals surface area contributed by atoms with E-state index in [1.807, 2.05) is 11.8 Å². The Kier molecular flexibility index (Phi) is 4.55. The predicted octanol–water partition coefficient (Wildman–Crippen LogP) is 1.40. The summed E-state index contributed by atoms with van der Waals surface area (Å²) < 4.78 is 15.5. The largest absolute Gasteiger partial charge is 0.493 e. The van der Waals surface area contributed by atoms with Gasteiger partial charge >= 0.3 is 5.97 Å². The molecule has 0 radical (unpaired) electrons. The minimum absolute atomic E-state index is 0.204. The molecular formula is C13H16O5S. The fraction of sp³-hybridized carbons (Fsp3) is 0.462. The van der Waals surface area contributed by atoms with Crippen molar-refractivity contribution in [1.82, 2.24) is 0 Å². The lowest BCUT2D eigenvalue weighted by Gasteiger charge is -2.26. The molecule has 6 heteroatoms. The minimum Gasteiger partial charge on any atom is -0.493 e. The topological polar surface area (TPSA) is 65.0 Å². The molecular weight excluding hydrogens is 268 g/mol. The van der Waals surface area contributed by atoms with E-state index in [0.29, 0.717) is 17.1 Å². The summed E-state index contributed by atoms with van der Waals surface area (Å²) in [6.07, 6.45) is -1.11. The van der Waals surface area contributed by atoms with E-state index in [1.54, 1.807) is 18.2 Å². The van der Waals surface area contributed by atoms with Crippen LogP contribution in [0.3, 0.4) is 0 Å². The molecule has 1 unspecified atom stereocenters. The molecule has 0 aromatic heterocycles. The summed E-state index contributed by atoms with van der Waals surface area (Å²) in [5, 5.41) is 9.76. The predicted molar refractivity (Wildman–Crippen MR) is 71.7 cm³/mol. The van der Waals surface area contributed by atoms with Gasteiger partial charge in [-0.15, -0.1) is 0 Å². The smallest absolute Gasteiger partial charge is 0.339 e. The normalized spacial score (nSPS) is 16.4. The highest BCUT2D eigenvalue weighted by Gasteiger charge is 2.23. The van der Waals surface area contributed by atoms with E-state index in [9.17, 15) is 9.90 Å². The van der Waals surface area contributed by atoms with Gasteiger partial charge in [-0.25, -0.2) is 4.79 Å². The average Bonchev–Trinajstić information content (AvgIpc) is 2.41. The van der Waals surface area contributed by atoms with Gasteiger partial charge in [-0.3, -0.25) is 0 Å². The second kappa shape index (κ2) is 6.16. The molecule has 0 spiro atoms. The summed E-state index contributed by atoms with van der Waals surface area (Å²) in [4.78, 5) is 11.3. The molecule has 1 N–H and O–H groups in total. The summed E-state index contributed by atoms with van der Waals surface area (Å²) in [6.45, 7) is 0. The Bertz CT molecular complexity index is 458. The first kappa shape index (κ1) is 14.0. The Balaban J connectivity index is 2.17. The maximum Gasteiger partial charge on any atom is 0.339 e. The van der Waals surface area contributed by atoms with Crippen molar-refractivity contribution in [3.8, 4) is 11.5 Å². The lowest BCUT2D eigenvalue weighted by atomic mass is 10.1. The molecule has 0 aliphatic carbocycles. The van der Waals surface area contributed by atoms with Gasteiger partial charge in [0.1, 0.15) is 6.10 Å². The van der Waals surface area contributed by atoms with E-state index in [0.717, 1.165) is 11.5 Å². The van der Waals surface area contributed by atoms with Gasteiger partial charge in [-0.1, -0.05) is 6.07 Å². The maximum atomic E-state index is 11.3. The number of hydrogen-bond donors (Lipinski definition) is 1. The molecule has 1 aromatic rings. The number of carbonyl (C=O) groups excluding carboxylic acids is 1. The Hall–Kier alpha value is -1.40. The number of esters is 1. The second-order valence-electron chi connectivity index (χ2n) is 4.11. The van der Waals surface area contributed by atoms with Gasteiger partial charge in [0.25, 0.3) is 0 Å². The summed E-state index contributed by atoms with van der Waals surface area (Å²) >= 11 is 1.83. The molecule has 1 aromatic carbocycles. The summed E-state index contributed by atoms with van der Waals surface area (Å²) in [5.41, 5.74) is 0.416. The molecule has 1 heterocycles. The van der Waals surface area contributed by atoms with Crippen LogP contribution in [0.1, 0.15) is 11.7 Å². The van der Waals surface area contributed by atoms with Crippen LogP contribution in [0, 0.1) is 0 Å². The molecule has 0 amide bonds. The van der Waals surface area contributed by atoms with Crippen molar-refractivity contribution in [2.75, 3.05) is 25.7 Å². The van der Waals surface area contributed by atoms with Crippen LogP contribution in [0.15, 0.2) is 18.2 Å². The molecule has 19 heavy (non-hydrogen) atoms. The quantitative estimate of drug-likeness (QED) is 0.824. The van der Waals surface area contributed by atoms with E-state index < -0.39 is 12.1 Å². The molecule has 0 bridgehead atoms. The highest BCUT2D eigenvalue weighted by Crippen LogP contribution is 2.33. The number of methoxy groups -OCH3 is 2. The number of ether oxygens (including phenoxy) is 3. The van der Waals surface area contributed by atoms with Gasteiger partial charge < -0.3 is 19.3 Å². The SMILES string of the molecule is COC(=O)C(O)c1ccc(OC2CSC2)c(OC)c1. The van der Waals surface area contributed by atoms with E-state index in [-0.39, 0.29) is 6.10 Å². The molecule has 1 aliphatic rings. The molecule has 0 saturated carbocycles. The monoisotopic (exact) mass is 284 g/mol. The van der Waals surface area contributed by atoms with Crippen LogP contribution in [0.5, 0.6) is 11.5 Å².